The molecule has 3 aliphatic rings. The van der Waals surface area contributed by atoms with Crippen LogP contribution in [0.4, 0.5) is 5.00 Å². The van der Waals surface area contributed by atoms with Crippen molar-refractivity contribution in [3.63, 3.8) is 0 Å². The summed E-state index contributed by atoms with van der Waals surface area (Å²) in [5.41, 5.74) is 1.34. The molecule has 4 rings (SSSR count). The first-order chi connectivity index (χ1) is 10.0. The molecule has 0 unspecified atom stereocenters. The number of carbonyl (C=O) groups excluding carboxylic acids is 2. The van der Waals surface area contributed by atoms with Crippen molar-refractivity contribution in [3.05, 3.63) is 28.2 Å². The van der Waals surface area contributed by atoms with Gasteiger partial charge in [-0.25, -0.2) is 4.90 Å². The van der Waals surface area contributed by atoms with Crippen molar-refractivity contribution in [1.82, 2.24) is 0 Å². The first kappa shape index (κ1) is 12.8. The highest BCUT2D eigenvalue weighted by Crippen LogP contribution is 2.54. The van der Waals surface area contributed by atoms with Gasteiger partial charge in [-0.15, -0.1) is 11.3 Å². The molecule has 21 heavy (non-hydrogen) atoms. The minimum atomic E-state index is -0.207. The van der Waals surface area contributed by atoms with Crippen molar-refractivity contribution in [2.75, 3.05) is 4.90 Å². The van der Waals surface area contributed by atoms with Gasteiger partial charge in [-0.3, -0.25) is 9.59 Å². The number of anilines is 1. The van der Waals surface area contributed by atoms with Gasteiger partial charge in [-0.05, 0) is 37.7 Å². The van der Waals surface area contributed by atoms with Crippen LogP contribution in [0.3, 0.4) is 0 Å². The largest absolute Gasteiger partial charge is 0.274 e. The van der Waals surface area contributed by atoms with Gasteiger partial charge in [0.1, 0.15) is 11.1 Å². The van der Waals surface area contributed by atoms with E-state index < -0.39 is 0 Å². The van der Waals surface area contributed by atoms with Crippen LogP contribution in [-0.4, -0.2) is 11.8 Å². The van der Waals surface area contributed by atoms with Crippen LogP contribution >= 0.6 is 11.3 Å². The third kappa shape index (κ3) is 1.43. The molecule has 4 nitrogen and oxygen atoms in total. The van der Waals surface area contributed by atoms with Crippen molar-refractivity contribution >= 4 is 28.2 Å². The molecule has 106 valence electrons. The van der Waals surface area contributed by atoms with Gasteiger partial charge >= 0.3 is 0 Å². The summed E-state index contributed by atoms with van der Waals surface area (Å²) in [6, 6.07) is 2.16. The zero-order chi connectivity index (χ0) is 14.9. The zero-order valence-corrected chi connectivity index (χ0v) is 12.6. The van der Waals surface area contributed by atoms with Gasteiger partial charge in [0.05, 0.1) is 17.4 Å². The minimum Gasteiger partial charge on any atom is -0.274 e. The third-order valence-electron chi connectivity index (χ3n) is 5.15. The second kappa shape index (κ2) is 4.05. The van der Waals surface area contributed by atoms with E-state index in [9.17, 15) is 14.9 Å². The lowest BCUT2D eigenvalue weighted by Crippen LogP contribution is -2.32. The number of carbonyl (C=O) groups is 2. The van der Waals surface area contributed by atoms with E-state index in [4.69, 9.17) is 0 Å². The summed E-state index contributed by atoms with van der Waals surface area (Å²) in [4.78, 5) is 27.8. The Morgan fingerprint density at radius 1 is 1.19 bits per heavy atom. The Morgan fingerprint density at radius 3 is 2.29 bits per heavy atom. The number of fused-ring (bicyclic) bond motifs is 5. The quantitative estimate of drug-likeness (QED) is 0.591. The molecule has 2 heterocycles. The second-order valence-electron chi connectivity index (χ2n) is 6.09. The Labute approximate surface area is 126 Å². The minimum absolute atomic E-state index is 0.111. The van der Waals surface area contributed by atoms with Crippen LogP contribution in [0.1, 0.15) is 22.4 Å². The number of allylic oxidation sites excluding steroid dienone is 2. The molecule has 4 atom stereocenters. The highest BCUT2D eigenvalue weighted by molar-refractivity contribution is 7.17. The van der Waals surface area contributed by atoms with E-state index in [1.165, 1.54) is 16.2 Å². The third-order valence-corrected chi connectivity index (χ3v) is 6.34. The number of nitrogens with zero attached hydrogens (tertiary/aromatic N) is 2. The predicted octanol–water partition coefficient (Wildman–Crippen LogP) is 2.55. The fourth-order valence-electron chi connectivity index (χ4n) is 4.00. The maximum atomic E-state index is 12.7. The standard InChI is InChI=1S/C16H14N2O2S/c1-7-8(2)21-16(11(7)6-17)18-14(19)12-9-3-4-10(5-9)13(12)15(18)20/h3-4,9-10,12-13H,5H2,1-2H3/t9-,10+,12+,13-. The van der Waals surface area contributed by atoms with E-state index in [-0.39, 0.29) is 35.5 Å². The first-order valence-corrected chi connectivity index (χ1v) is 7.92. The monoisotopic (exact) mass is 298 g/mol. The van der Waals surface area contributed by atoms with Crippen LogP contribution in [0.2, 0.25) is 0 Å². The van der Waals surface area contributed by atoms with Gasteiger partial charge < -0.3 is 0 Å². The average molecular weight is 298 g/mol. The summed E-state index contributed by atoms with van der Waals surface area (Å²) >= 11 is 1.37. The Bertz CT molecular complexity index is 725. The topological polar surface area (TPSA) is 61.2 Å². The number of hydrogen-bond donors (Lipinski definition) is 0. The number of nitriles is 1. The Morgan fingerprint density at radius 2 is 1.76 bits per heavy atom. The molecule has 0 aromatic carbocycles. The highest BCUT2D eigenvalue weighted by Gasteiger charge is 2.60. The van der Waals surface area contributed by atoms with Crippen LogP contribution < -0.4 is 4.90 Å². The molecule has 2 amide bonds. The lowest BCUT2D eigenvalue weighted by Gasteiger charge is -2.15. The van der Waals surface area contributed by atoms with Crippen LogP contribution in [0.5, 0.6) is 0 Å². The van der Waals surface area contributed by atoms with E-state index in [0.717, 1.165) is 16.9 Å². The number of thiophene rings is 1. The summed E-state index contributed by atoms with van der Waals surface area (Å²) in [5.74, 6) is -0.231. The van der Waals surface area contributed by atoms with E-state index in [0.29, 0.717) is 10.6 Å². The number of hydrogen-bond acceptors (Lipinski definition) is 4. The molecule has 1 aromatic rings. The molecular formula is C16H14N2O2S. The van der Waals surface area contributed by atoms with Crippen LogP contribution in [0.25, 0.3) is 0 Å². The van der Waals surface area contributed by atoms with E-state index in [1.54, 1.807) is 0 Å². The maximum Gasteiger partial charge on any atom is 0.238 e. The highest BCUT2D eigenvalue weighted by atomic mass is 32.1. The molecule has 1 saturated heterocycles. The van der Waals surface area contributed by atoms with E-state index in [1.807, 2.05) is 13.8 Å². The molecule has 2 fully saturated rings. The summed E-state index contributed by atoms with van der Waals surface area (Å²) in [5, 5.41) is 9.88. The van der Waals surface area contributed by atoms with E-state index >= 15 is 0 Å². The van der Waals surface area contributed by atoms with Gasteiger partial charge in [-0.2, -0.15) is 5.26 Å². The summed E-state index contributed by atoms with van der Waals surface area (Å²) in [6.07, 6.45) is 5.08. The number of aryl methyl sites for hydroxylation is 1. The molecule has 1 aliphatic heterocycles. The lowest BCUT2D eigenvalue weighted by atomic mass is 9.85. The smallest absolute Gasteiger partial charge is 0.238 e. The van der Waals surface area contributed by atoms with Gasteiger partial charge in [0.2, 0.25) is 11.8 Å². The van der Waals surface area contributed by atoms with Gasteiger partial charge in [0.15, 0.2) is 0 Å². The maximum absolute atomic E-state index is 12.7. The van der Waals surface area contributed by atoms with Crippen LogP contribution in [0, 0.1) is 48.9 Å². The van der Waals surface area contributed by atoms with Crippen LogP contribution in [0.15, 0.2) is 12.2 Å². The number of rotatable bonds is 1. The summed E-state index contributed by atoms with van der Waals surface area (Å²) < 4.78 is 0. The van der Waals surface area contributed by atoms with Gasteiger partial charge in [-0.1, -0.05) is 12.2 Å². The Hall–Kier alpha value is -1.93. The van der Waals surface area contributed by atoms with Gasteiger partial charge in [0.25, 0.3) is 0 Å². The fourth-order valence-corrected chi connectivity index (χ4v) is 5.12. The molecule has 1 saturated carbocycles. The first-order valence-electron chi connectivity index (χ1n) is 7.10. The molecule has 0 N–H and O–H groups in total. The molecule has 0 spiro atoms. The molecule has 2 aliphatic carbocycles. The van der Waals surface area contributed by atoms with Crippen molar-refractivity contribution in [2.24, 2.45) is 23.7 Å². The molecule has 1 aromatic heterocycles. The van der Waals surface area contributed by atoms with Crippen molar-refractivity contribution < 1.29 is 9.59 Å². The van der Waals surface area contributed by atoms with Crippen molar-refractivity contribution in [1.29, 1.82) is 5.26 Å². The summed E-state index contributed by atoms with van der Waals surface area (Å²) in [6.45, 7) is 3.78. The van der Waals surface area contributed by atoms with E-state index in [2.05, 4.69) is 18.2 Å². The van der Waals surface area contributed by atoms with Crippen molar-refractivity contribution in [3.8, 4) is 6.07 Å². The zero-order valence-electron chi connectivity index (χ0n) is 11.8. The van der Waals surface area contributed by atoms with Gasteiger partial charge in [0, 0.05) is 4.88 Å². The SMILES string of the molecule is Cc1sc(N2C(=O)[C@@H]3[C@H](C2=O)[C@H]2C=C[C@@H]3C2)c(C#N)c1C. The number of amides is 2. The van der Waals surface area contributed by atoms with Crippen LogP contribution in [-0.2, 0) is 9.59 Å². The van der Waals surface area contributed by atoms with Crippen molar-refractivity contribution in [2.45, 2.75) is 20.3 Å². The molecular weight excluding hydrogens is 284 g/mol. The normalized spacial score (nSPS) is 32.9. The number of imide groups is 1. The Kier molecular flexibility index (Phi) is 2.46. The molecule has 0 radical (unpaired) electrons. The summed E-state index contributed by atoms with van der Waals surface area (Å²) in [7, 11) is 0. The molecule has 5 heteroatoms. The average Bonchev–Trinajstić information content (AvgIpc) is 3.17. The Balaban J connectivity index is 1.82. The molecule has 2 bridgehead atoms. The second-order valence-corrected chi connectivity index (χ2v) is 7.29. The lowest BCUT2D eigenvalue weighted by molar-refractivity contribution is -0.123. The predicted molar refractivity (Wildman–Crippen MR) is 78.7 cm³/mol. The fraction of sp³-hybridized carbons (Fsp3) is 0.438.